The van der Waals surface area contributed by atoms with Crippen molar-refractivity contribution < 1.29 is 13.2 Å². The van der Waals surface area contributed by atoms with Crippen molar-refractivity contribution in [3.63, 3.8) is 0 Å². The van der Waals surface area contributed by atoms with E-state index in [1.165, 1.54) is 0 Å². The van der Waals surface area contributed by atoms with Gasteiger partial charge in [0, 0.05) is 12.1 Å². The summed E-state index contributed by atoms with van der Waals surface area (Å²) >= 11 is 0. The maximum absolute atomic E-state index is 12.2. The second-order valence-corrected chi connectivity index (χ2v) is 10.6. The fourth-order valence-electron chi connectivity index (χ4n) is 2.85. The van der Waals surface area contributed by atoms with Crippen molar-refractivity contribution in [3.05, 3.63) is 29.8 Å². The second-order valence-electron chi connectivity index (χ2n) is 7.85. The van der Waals surface area contributed by atoms with Gasteiger partial charge in [-0.25, -0.2) is 8.42 Å². The zero-order chi connectivity index (χ0) is 18.5. The van der Waals surface area contributed by atoms with E-state index in [1.807, 2.05) is 0 Å². The van der Waals surface area contributed by atoms with Crippen LogP contribution < -0.4 is 10.6 Å². The van der Waals surface area contributed by atoms with Crippen LogP contribution in [0.4, 0.5) is 5.69 Å². The standard InChI is InChI=1S/C19H30N2O3S/c1-19(2,3)25(23,24)14-16-4-7-17(8-5-16)21-18(22)9-6-15-10-12-20-13-11-15/h4-5,7-8,15,20H,6,9-14H2,1-3H3,(H,21,22). The monoisotopic (exact) mass is 366 g/mol. The zero-order valence-electron chi connectivity index (χ0n) is 15.5. The van der Waals surface area contributed by atoms with Crippen molar-refractivity contribution in [3.8, 4) is 0 Å². The first kappa shape index (κ1) is 19.9. The molecule has 2 rings (SSSR count). The number of rotatable bonds is 6. The topological polar surface area (TPSA) is 75.3 Å². The van der Waals surface area contributed by atoms with E-state index >= 15 is 0 Å². The first-order chi connectivity index (χ1) is 11.7. The molecular formula is C19H30N2O3S. The molecule has 0 aliphatic carbocycles. The molecule has 0 unspecified atom stereocenters. The Hall–Kier alpha value is -1.40. The predicted octanol–water partition coefficient (Wildman–Crippen LogP) is 3.12. The summed E-state index contributed by atoms with van der Waals surface area (Å²) in [7, 11) is -3.20. The molecular weight excluding hydrogens is 336 g/mol. The molecule has 0 radical (unpaired) electrons. The van der Waals surface area contributed by atoms with Crippen LogP contribution in [0.5, 0.6) is 0 Å². The summed E-state index contributed by atoms with van der Waals surface area (Å²) < 4.78 is 23.7. The van der Waals surface area contributed by atoms with Gasteiger partial charge in [0.25, 0.3) is 0 Å². The molecule has 1 aromatic carbocycles. The highest BCUT2D eigenvalue weighted by atomic mass is 32.2. The maximum atomic E-state index is 12.2. The molecule has 5 nitrogen and oxygen atoms in total. The van der Waals surface area contributed by atoms with Gasteiger partial charge < -0.3 is 10.6 Å². The minimum Gasteiger partial charge on any atom is -0.326 e. The molecule has 1 saturated heterocycles. The van der Waals surface area contributed by atoms with E-state index in [0.29, 0.717) is 18.0 Å². The van der Waals surface area contributed by atoms with Crippen LogP contribution in [0.25, 0.3) is 0 Å². The minimum atomic E-state index is -3.20. The van der Waals surface area contributed by atoms with Crippen LogP contribution in [0.15, 0.2) is 24.3 Å². The first-order valence-corrected chi connectivity index (χ1v) is 10.6. The van der Waals surface area contributed by atoms with Crippen molar-refractivity contribution in [1.29, 1.82) is 0 Å². The second kappa shape index (κ2) is 8.32. The average molecular weight is 367 g/mol. The van der Waals surface area contributed by atoms with E-state index < -0.39 is 14.6 Å². The summed E-state index contributed by atoms with van der Waals surface area (Å²) in [5.41, 5.74) is 1.45. The summed E-state index contributed by atoms with van der Waals surface area (Å²) in [6.45, 7) is 7.22. The Labute approximate surface area is 151 Å². The number of benzene rings is 1. The van der Waals surface area contributed by atoms with Crippen LogP contribution in [-0.2, 0) is 20.4 Å². The Balaban J connectivity index is 1.84. The van der Waals surface area contributed by atoms with E-state index in [1.54, 1.807) is 45.0 Å². The van der Waals surface area contributed by atoms with Crippen LogP contribution in [0.2, 0.25) is 0 Å². The average Bonchev–Trinajstić information content (AvgIpc) is 2.54. The largest absolute Gasteiger partial charge is 0.326 e. The highest BCUT2D eigenvalue weighted by Gasteiger charge is 2.28. The summed E-state index contributed by atoms with van der Waals surface area (Å²) in [5, 5.41) is 6.23. The van der Waals surface area contributed by atoms with Crippen molar-refractivity contribution in [2.24, 2.45) is 5.92 Å². The third-order valence-electron chi connectivity index (χ3n) is 4.77. The van der Waals surface area contributed by atoms with Gasteiger partial charge in [0.2, 0.25) is 5.91 Å². The summed E-state index contributed by atoms with van der Waals surface area (Å²) in [5.74, 6) is 0.672. The van der Waals surface area contributed by atoms with Gasteiger partial charge in [0.1, 0.15) is 0 Å². The molecule has 1 aromatic rings. The van der Waals surface area contributed by atoms with Crippen molar-refractivity contribution in [2.75, 3.05) is 18.4 Å². The summed E-state index contributed by atoms with van der Waals surface area (Å²) in [4.78, 5) is 12.1. The van der Waals surface area contributed by atoms with Gasteiger partial charge in [0.15, 0.2) is 9.84 Å². The van der Waals surface area contributed by atoms with E-state index in [9.17, 15) is 13.2 Å². The number of piperidine rings is 1. The molecule has 2 N–H and O–H groups in total. The van der Waals surface area contributed by atoms with Crippen LogP contribution in [0, 0.1) is 5.92 Å². The van der Waals surface area contributed by atoms with Crippen LogP contribution in [0.1, 0.15) is 52.0 Å². The molecule has 1 aliphatic heterocycles. The Bertz CT molecular complexity index is 670. The smallest absolute Gasteiger partial charge is 0.224 e. The zero-order valence-corrected chi connectivity index (χ0v) is 16.3. The van der Waals surface area contributed by atoms with E-state index in [-0.39, 0.29) is 11.7 Å². The molecule has 0 saturated carbocycles. The van der Waals surface area contributed by atoms with Gasteiger partial charge in [-0.1, -0.05) is 12.1 Å². The fraction of sp³-hybridized carbons (Fsp3) is 0.632. The lowest BCUT2D eigenvalue weighted by Crippen LogP contribution is -2.29. The van der Waals surface area contributed by atoms with Gasteiger partial charge in [0.05, 0.1) is 10.5 Å². The molecule has 6 heteroatoms. The molecule has 0 atom stereocenters. The molecule has 1 heterocycles. The highest BCUT2D eigenvalue weighted by Crippen LogP contribution is 2.22. The summed E-state index contributed by atoms with van der Waals surface area (Å²) in [6, 6.07) is 7.09. The Morgan fingerprint density at radius 1 is 1.16 bits per heavy atom. The third-order valence-corrected chi connectivity index (χ3v) is 7.35. The number of carbonyl (C=O) groups excluding carboxylic acids is 1. The molecule has 1 fully saturated rings. The molecule has 0 aromatic heterocycles. The molecule has 140 valence electrons. The van der Waals surface area contributed by atoms with E-state index in [2.05, 4.69) is 10.6 Å². The number of sulfone groups is 1. The van der Waals surface area contributed by atoms with Gasteiger partial charge in [-0.2, -0.15) is 0 Å². The maximum Gasteiger partial charge on any atom is 0.224 e. The number of hydrogen-bond acceptors (Lipinski definition) is 4. The number of amides is 1. The Kier molecular flexibility index (Phi) is 6.63. The van der Waals surface area contributed by atoms with Gasteiger partial charge in [-0.15, -0.1) is 0 Å². The van der Waals surface area contributed by atoms with Crippen molar-refractivity contribution >= 4 is 21.4 Å². The molecule has 25 heavy (non-hydrogen) atoms. The van der Waals surface area contributed by atoms with Gasteiger partial charge in [-0.05, 0) is 76.7 Å². The van der Waals surface area contributed by atoms with Gasteiger partial charge in [-0.3, -0.25) is 4.79 Å². The lowest BCUT2D eigenvalue weighted by atomic mass is 9.93. The van der Waals surface area contributed by atoms with Crippen LogP contribution in [0.3, 0.4) is 0 Å². The number of hydrogen-bond donors (Lipinski definition) is 2. The lowest BCUT2D eigenvalue weighted by Gasteiger charge is -2.22. The molecule has 0 spiro atoms. The molecule has 1 amide bonds. The molecule has 0 bridgehead atoms. The number of carbonyl (C=O) groups is 1. The highest BCUT2D eigenvalue weighted by molar-refractivity contribution is 7.91. The van der Waals surface area contributed by atoms with Crippen LogP contribution >= 0.6 is 0 Å². The predicted molar refractivity (Wildman–Crippen MR) is 102 cm³/mol. The Morgan fingerprint density at radius 2 is 1.76 bits per heavy atom. The fourth-order valence-corrected chi connectivity index (χ4v) is 3.91. The van der Waals surface area contributed by atoms with E-state index in [0.717, 1.165) is 37.9 Å². The number of nitrogens with one attached hydrogen (secondary N) is 2. The first-order valence-electron chi connectivity index (χ1n) is 8.99. The lowest BCUT2D eigenvalue weighted by molar-refractivity contribution is -0.116. The minimum absolute atomic E-state index is 0.0143. The summed E-state index contributed by atoms with van der Waals surface area (Å²) in [6.07, 6.45) is 3.74. The van der Waals surface area contributed by atoms with E-state index in [4.69, 9.17) is 0 Å². The molecule has 1 aliphatic rings. The third kappa shape index (κ3) is 6.12. The van der Waals surface area contributed by atoms with Crippen LogP contribution in [-0.4, -0.2) is 32.2 Å². The van der Waals surface area contributed by atoms with Crippen molar-refractivity contribution in [1.82, 2.24) is 5.32 Å². The Morgan fingerprint density at radius 3 is 2.32 bits per heavy atom. The van der Waals surface area contributed by atoms with Gasteiger partial charge >= 0.3 is 0 Å². The van der Waals surface area contributed by atoms with Crippen molar-refractivity contribution in [2.45, 2.75) is 57.0 Å². The quantitative estimate of drug-likeness (QED) is 0.811. The number of anilines is 1. The SMILES string of the molecule is CC(C)(C)S(=O)(=O)Cc1ccc(NC(=O)CCC2CCNCC2)cc1. The normalized spacial score (nSPS) is 16.6.